The van der Waals surface area contributed by atoms with Crippen LogP contribution in [0.4, 0.5) is 0 Å². The highest BCUT2D eigenvalue weighted by Crippen LogP contribution is 2.26. The number of ether oxygens (including phenoxy) is 1. The zero-order chi connectivity index (χ0) is 15.5. The number of benzene rings is 2. The maximum atomic E-state index is 12.4. The van der Waals surface area contributed by atoms with Gasteiger partial charge in [0.15, 0.2) is 5.78 Å². The molecule has 0 fully saturated rings. The van der Waals surface area contributed by atoms with Crippen LogP contribution in [0.25, 0.3) is 10.8 Å². The van der Waals surface area contributed by atoms with Crippen molar-refractivity contribution in [3.8, 4) is 0 Å². The molecule has 1 atom stereocenters. The van der Waals surface area contributed by atoms with Crippen molar-refractivity contribution in [3.63, 3.8) is 0 Å². The van der Waals surface area contributed by atoms with E-state index in [9.17, 15) is 4.79 Å². The van der Waals surface area contributed by atoms with E-state index in [2.05, 4.69) is 6.07 Å². The van der Waals surface area contributed by atoms with Crippen molar-refractivity contribution in [2.75, 3.05) is 5.75 Å². The Balaban J connectivity index is 1.71. The molecule has 0 saturated carbocycles. The molecule has 1 unspecified atom stereocenters. The highest BCUT2D eigenvalue weighted by Gasteiger charge is 2.12. The Morgan fingerprint density at radius 1 is 1.18 bits per heavy atom. The van der Waals surface area contributed by atoms with Crippen molar-refractivity contribution in [1.82, 2.24) is 0 Å². The van der Waals surface area contributed by atoms with E-state index in [1.165, 1.54) is 0 Å². The summed E-state index contributed by atoms with van der Waals surface area (Å²) in [7, 11) is 0. The lowest BCUT2D eigenvalue weighted by molar-refractivity contribution is 0.102. The smallest absolute Gasteiger partial charge is 0.173 e. The first-order valence-corrected chi connectivity index (χ1v) is 8.32. The summed E-state index contributed by atoms with van der Waals surface area (Å²) in [6, 6.07) is 14.0. The summed E-state index contributed by atoms with van der Waals surface area (Å²) in [5.41, 5.74) is 0.771. The highest BCUT2D eigenvalue weighted by atomic mass is 32.2. The molecule has 2 aromatic carbocycles. The Kier molecular flexibility index (Phi) is 4.34. The molecule has 1 aliphatic heterocycles. The van der Waals surface area contributed by atoms with Gasteiger partial charge in [0.25, 0.3) is 0 Å². The molecule has 0 N–H and O–H groups in total. The number of ketones is 1. The van der Waals surface area contributed by atoms with Crippen molar-refractivity contribution >= 4 is 28.3 Å². The fraction of sp³-hybridized carbons (Fsp3) is 0.211. The van der Waals surface area contributed by atoms with Crippen LogP contribution in [0.1, 0.15) is 24.2 Å². The largest absolute Gasteiger partial charge is 0.491 e. The molecule has 0 spiro atoms. The molecule has 3 rings (SSSR count). The Hall–Kier alpha value is -2.00. The molecule has 0 aromatic heterocycles. The molecular formula is C19H18O2S. The van der Waals surface area contributed by atoms with Gasteiger partial charge in [0.2, 0.25) is 0 Å². The average molecular weight is 310 g/mol. The minimum absolute atomic E-state index is 0.0725. The van der Waals surface area contributed by atoms with Crippen molar-refractivity contribution in [2.24, 2.45) is 0 Å². The van der Waals surface area contributed by atoms with Crippen molar-refractivity contribution in [3.05, 3.63) is 70.8 Å². The van der Waals surface area contributed by atoms with E-state index in [-0.39, 0.29) is 11.9 Å². The van der Waals surface area contributed by atoms with E-state index in [0.29, 0.717) is 5.75 Å². The highest BCUT2D eigenvalue weighted by molar-refractivity contribution is 8.03. The van der Waals surface area contributed by atoms with Gasteiger partial charge >= 0.3 is 0 Å². The molecule has 112 valence electrons. The third-order valence-electron chi connectivity index (χ3n) is 3.56. The first kappa shape index (κ1) is 14.9. The zero-order valence-electron chi connectivity index (χ0n) is 12.7. The Bertz CT molecular complexity index is 774. The van der Waals surface area contributed by atoms with Crippen LogP contribution in [0.3, 0.4) is 0 Å². The van der Waals surface area contributed by atoms with Gasteiger partial charge in [-0.2, -0.15) is 0 Å². The van der Waals surface area contributed by atoms with Crippen molar-refractivity contribution < 1.29 is 9.53 Å². The van der Waals surface area contributed by atoms with Gasteiger partial charge in [-0.25, -0.2) is 0 Å². The van der Waals surface area contributed by atoms with Crippen LogP contribution in [0, 0.1) is 0 Å². The van der Waals surface area contributed by atoms with Crippen LogP contribution in [0.15, 0.2) is 65.3 Å². The summed E-state index contributed by atoms with van der Waals surface area (Å²) < 4.78 is 5.54. The summed E-state index contributed by atoms with van der Waals surface area (Å²) in [6.45, 7) is 3.94. The van der Waals surface area contributed by atoms with E-state index in [0.717, 1.165) is 27.0 Å². The van der Waals surface area contributed by atoms with Crippen LogP contribution in [-0.4, -0.2) is 17.6 Å². The minimum atomic E-state index is 0.0725. The summed E-state index contributed by atoms with van der Waals surface area (Å²) in [6.07, 6.45) is 4.10. The molecule has 1 aliphatic rings. The SMILES string of the molecule is CC1=CC(SCC(=O)c2ccc3ccccc3c2)=CC(C)O1. The Labute approximate surface area is 134 Å². The van der Waals surface area contributed by atoms with Gasteiger partial charge in [-0.3, -0.25) is 4.79 Å². The lowest BCUT2D eigenvalue weighted by Gasteiger charge is -2.18. The fourth-order valence-corrected chi connectivity index (χ4v) is 3.53. The fourth-order valence-electron chi connectivity index (χ4n) is 2.53. The minimum Gasteiger partial charge on any atom is -0.491 e. The maximum Gasteiger partial charge on any atom is 0.173 e. The second-order valence-electron chi connectivity index (χ2n) is 5.42. The Morgan fingerprint density at radius 3 is 2.73 bits per heavy atom. The number of rotatable bonds is 4. The normalized spacial score (nSPS) is 17.6. The number of Topliss-reactive ketones (excluding diaryl/α,β-unsaturated/α-hetero) is 1. The molecule has 0 aliphatic carbocycles. The number of thioether (sulfide) groups is 1. The number of allylic oxidation sites excluding steroid dienone is 2. The Morgan fingerprint density at radius 2 is 1.95 bits per heavy atom. The number of hydrogen-bond acceptors (Lipinski definition) is 3. The quantitative estimate of drug-likeness (QED) is 0.746. The molecule has 0 saturated heterocycles. The summed E-state index contributed by atoms with van der Waals surface area (Å²) >= 11 is 1.57. The third-order valence-corrected chi connectivity index (χ3v) is 4.55. The molecule has 1 heterocycles. The van der Waals surface area contributed by atoms with Crippen LogP contribution >= 0.6 is 11.8 Å². The molecule has 0 bridgehead atoms. The standard InChI is InChI=1S/C19H18O2S/c1-13-9-18(10-14(2)21-13)22-12-19(20)17-8-7-15-5-3-4-6-16(15)11-17/h3-11,13H,12H2,1-2H3. The van der Waals surface area contributed by atoms with E-state index in [1.54, 1.807) is 11.8 Å². The van der Waals surface area contributed by atoms with Crippen LogP contribution in [0.5, 0.6) is 0 Å². The van der Waals surface area contributed by atoms with Gasteiger partial charge in [0.1, 0.15) is 6.10 Å². The number of carbonyl (C=O) groups excluding carboxylic acids is 1. The predicted octanol–water partition coefficient (Wildman–Crippen LogP) is 4.96. The second kappa shape index (κ2) is 6.41. The first-order chi connectivity index (χ1) is 10.6. The molecule has 3 heteroatoms. The number of fused-ring (bicyclic) bond motifs is 1. The molecule has 22 heavy (non-hydrogen) atoms. The average Bonchev–Trinajstić information content (AvgIpc) is 2.51. The molecule has 2 nitrogen and oxygen atoms in total. The summed E-state index contributed by atoms with van der Waals surface area (Å²) in [4.78, 5) is 13.5. The molecular weight excluding hydrogens is 292 g/mol. The summed E-state index contributed by atoms with van der Waals surface area (Å²) in [5.74, 6) is 1.50. The van der Waals surface area contributed by atoms with Gasteiger partial charge in [0, 0.05) is 10.5 Å². The van der Waals surface area contributed by atoms with Crippen molar-refractivity contribution in [2.45, 2.75) is 20.0 Å². The predicted molar refractivity (Wildman–Crippen MR) is 93.1 cm³/mol. The van der Waals surface area contributed by atoms with Crippen LogP contribution in [-0.2, 0) is 4.74 Å². The van der Waals surface area contributed by atoms with Gasteiger partial charge in [-0.1, -0.05) is 36.4 Å². The van der Waals surface area contributed by atoms with Gasteiger partial charge < -0.3 is 4.74 Å². The first-order valence-electron chi connectivity index (χ1n) is 7.33. The van der Waals surface area contributed by atoms with E-state index >= 15 is 0 Å². The number of hydrogen-bond donors (Lipinski definition) is 0. The lowest BCUT2D eigenvalue weighted by Crippen LogP contribution is -2.09. The van der Waals surface area contributed by atoms with Crippen LogP contribution < -0.4 is 0 Å². The van der Waals surface area contributed by atoms with Crippen molar-refractivity contribution in [1.29, 1.82) is 0 Å². The molecule has 0 radical (unpaired) electrons. The second-order valence-corrected chi connectivity index (χ2v) is 6.47. The number of carbonyl (C=O) groups is 1. The topological polar surface area (TPSA) is 26.3 Å². The van der Waals surface area contributed by atoms with Gasteiger partial charge in [-0.15, -0.1) is 11.8 Å². The monoisotopic (exact) mass is 310 g/mol. The third kappa shape index (κ3) is 3.42. The van der Waals surface area contributed by atoms with E-state index in [1.807, 2.05) is 62.4 Å². The lowest BCUT2D eigenvalue weighted by atomic mass is 10.1. The molecule has 2 aromatic rings. The van der Waals surface area contributed by atoms with Crippen LogP contribution in [0.2, 0.25) is 0 Å². The summed E-state index contributed by atoms with van der Waals surface area (Å²) in [5, 5.41) is 2.26. The van der Waals surface area contributed by atoms with Gasteiger partial charge in [0.05, 0.1) is 11.5 Å². The maximum absolute atomic E-state index is 12.4. The molecule has 0 amide bonds. The van der Waals surface area contributed by atoms with Gasteiger partial charge in [-0.05, 0) is 42.8 Å². The van der Waals surface area contributed by atoms with E-state index in [4.69, 9.17) is 4.74 Å². The zero-order valence-corrected chi connectivity index (χ0v) is 13.5. The van der Waals surface area contributed by atoms with E-state index < -0.39 is 0 Å².